The highest BCUT2D eigenvalue weighted by Crippen LogP contribution is 2.44. The zero-order valence-corrected chi connectivity index (χ0v) is 24.6. The van der Waals surface area contributed by atoms with Crippen LogP contribution in [0.2, 0.25) is 0 Å². The van der Waals surface area contributed by atoms with Crippen molar-refractivity contribution in [1.29, 1.82) is 0 Å². The van der Waals surface area contributed by atoms with Crippen molar-refractivity contribution >= 4 is 18.0 Å². The van der Waals surface area contributed by atoms with Crippen LogP contribution in [0.1, 0.15) is 53.7 Å². The van der Waals surface area contributed by atoms with Crippen LogP contribution in [0.15, 0.2) is 97.1 Å². The van der Waals surface area contributed by atoms with Gasteiger partial charge >= 0.3 is 12.1 Å². The summed E-state index contributed by atoms with van der Waals surface area (Å²) in [5, 5.41) is 5.75. The molecule has 0 heterocycles. The molecule has 0 spiro atoms. The van der Waals surface area contributed by atoms with E-state index in [0.29, 0.717) is 12.2 Å². The highest BCUT2D eigenvalue weighted by atomic mass is 16.5. The summed E-state index contributed by atoms with van der Waals surface area (Å²) in [5.41, 5.74) is 7.62. The lowest BCUT2D eigenvalue weighted by Gasteiger charge is -2.22. The van der Waals surface area contributed by atoms with Crippen molar-refractivity contribution in [3.63, 3.8) is 0 Å². The van der Waals surface area contributed by atoms with E-state index >= 15 is 0 Å². The van der Waals surface area contributed by atoms with Gasteiger partial charge in [0.1, 0.15) is 12.6 Å². The highest BCUT2D eigenvalue weighted by molar-refractivity contribution is 5.91. The topological polar surface area (TPSA) is 93.7 Å². The summed E-state index contributed by atoms with van der Waals surface area (Å²) >= 11 is 0. The summed E-state index contributed by atoms with van der Waals surface area (Å²) < 4.78 is 10.8. The fourth-order valence-corrected chi connectivity index (χ4v) is 5.58. The van der Waals surface area contributed by atoms with Crippen molar-refractivity contribution in [3.8, 4) is 22.3 Å². The minimum atomic E-state index is -0.782. The van der Waals surface area contributed by atoms with Gasteiger partial charge < -0.3 is 20.1 Å². The molecule has 0 unspecified atom stereocenters. The van der Waals surface area contributed by atoms with Crippen LogP contribution in [0, 0.1) is 5.92 Å². The molecule has 7 nitrogen and oxygen atoms in total. The summed E-state index contributed by atoms with van der Waals surface area (Å²) in [6, 6.07) is 30.4. The monoisotopic (exact) mass is 576 g/mol. The zero-order valence-electron chi connectivity index (χ0n) is 24.6. The number of ether oxygens (including phenoxy) is 2. The van der Waals surface area contributed by atoms with E-state index in [2.05, 4.69) is 34.9 Å². The first-order chi connectivity index (χ1) is 20.9. The number of fused-ring (bicyclic) bond motifs is 3. The second-order valence-electron chi connectivity index (χ2n) is 10.9. The first kappa shape index (κ1) is 29.6. The van der Waals surface area contributed by atoms with Crippen molar-refractivity contribution in [3.05, 3.63) is 119 Å². The molecule has 43 heavy (non-hydrogen) atoms. The zero-order chi connectivity index (χ0) is 30.3. The Morgan fingerprint density at radius 3 is 2.05 bits per heavy atom. The van der Waals surface area contributed by atoms with Gasteiger partial charge in [-0.3, -0.25) is 4.79 Å². The minimum Gasteiger partial charge on any atom is -0.462 e. The minimum absolute atomic E-state index is 0.0664. The molecule has 4 aromatic carbocycles. The maximum absolute atomic E-state index is 13.3. The Bertz CT molecular complexity index is 1580. The Morgan fingerprint density at radius 1 is 0.767 bits per heavy atom. The number of carbonyl (C=O) groups is 3. The van der Waals surface area contributed by atoms with E-state index in [1.54, 1.807) is 19.1 Å². The molecule has 220 valence electrons. The third-order valence-electron chi connectivity index (χ3n) is 7.72. The lowest BCUT2D eigenvalue weighted by molar-refractivity contribution is -0.124. The van der Waals surface area contributed by atoms with Crippen LogP contribution in [0.3, 0.4) is 0 Å². The van der Waals surface area contributed by atoms with Crippen LogP contribution in [0.5, 0.6) is 0 Å². The van der Waals surface area contributed by atoms with Gasteiger partial charge in [-0.05, 0) is 63.9 Å². The number of hydrogen-bond donors (Lipinski definition) is 2. The highest BCUT2D eigenvalue weighted by Gasteiger charge is 2.30. The Balaban J connectivity index is 1.23. The molecule has 1 aliphatic carbocycles. The summed E-state index contributed by atoms with van der Waals surface area (Å²) in [6.07, 6.45) is -0.633. The first-order valence-corrected chi connectivity index (χ1v) is 14.6. The molecule has 0 fully saturated rings. The van der Waals surface area contributed by atoms with Crippen molar-refractivity contribution < 1.29 is 23.9 Å². The molecule has 0 radical (unpaired) electrons. The molecule has 0 aromatic heterocycles. The number of alkyl carbamates (subject to hydrolysis) is 1. The van der Waals surface area contributed by atoms with Crippen molar-refractivity contribution in [1.82, 2.24) is 10.6 Å². The third kappa shape index (κ3) is 6.61. The van der Waals surface area contributed by atoms with Crippen LogP contribution in [0.4, 0.5) is 4.79 Å². The molecule has 2 N–H and O–H groups in total. The fraction of sp³-hybridized carbons (Fsp3) is 0.250. The average Bonchev–Trinajstić information content (AvgIpc) is 3.35. The molecule has 0 saturated heterocycles. The Kier molecular flexibility index (Phi) is 9.20. The number of carbonyl (C=O) groups excluding carboxylic acids is 3. The van der Waals surface area contributed by atoms with Crippen molar-refractivity contribution in [2.75, 3.05) is 13.2 Å². The fourth-order valence-electron chi connectivity index (χ4n) is 5.58. The Labute approximate surface area is 252 Å². The number of rotatable bonds is 10. The Morgan fingerprint density at radius 2 is 1.40 bits per heavy atom. The molecular weight excluding hydrogens is 540 g/mol. The number of hydrogen-bond acceptors (Lipinski definition) is 5. The summed E-state index contributed by atoms with van der Waals surface area (Å²) in [4.78, 5) is 38.5. The van der Waals surface area contributed by atoms with Gasteiger partial charge in [-0.25, -0.2) is 9.59 Å². The van der Waals surface area contributed by atoms with E-state index in [1.165, 1.54) is 0 Å². The van der Waals surface area contributed by atoms with Gasteiger partial charge in [-0.1, -0.05) is 98.8 Å². The second kappa shape index (κ2) is 13.4. The number of esters is 1. The van der Waals surface area contributed by atoms with Gasteiger partial charge in [-0.15, -0.1) is 0 Å². The second-order valence-corrected chi connectivity index (χ2v) is 10.9. The molecule has 0 saturated carbocycles. The SMILES string of the molecule is CCOC(=O)c1cccc(-c2ccccc2CNC(=O)[C@@H](NC(=O)OCC2c3ccccc3-c3ccccc32)C(C)C)c1. The Hall–Kier alpha value is -4.91. The van der Waals surface area contributed by atoms with Gasteiger partial charge in [0.05, 0.1) is 12.2 Å². The molecule has 5 rings (SSSR count). The van der Waals surface area contributed by atoms with Gasteiger partial charge in [-0.2, -0.15) is 0 Å². The van der Waals surface area contributed by atoms with E-state index in [0.717, 1.165) is 38.9 Å². The van der Waals surface area contributed by atoms with Gasteiger partial charge in [0.25, 0.3) is 0 Å². The molecular formula is C36H36N2O5. The molecule has 2 amide bonds. The van der Waals surface area contributed by atoms with Crippen LogP contribution in [-0.4, -0.2) is 37.2 Å². The smallest absolute Gasteiger partial charge is 0.407 e. The quantitative estimate of drug-likeness (QED) is 0.205. The van der Waals surface area contributed by atoms with Crippen LogP contribution < -0.4 is 10.6 Å². The maximum Gasteiger partial charge on any atom is 0.407 e. The van der Waals surface area contributed by atoms with E-state index in [4.69, 9.17) is 9.47 Å². The van der Waals surface area contributed by atoms with Gasteiger partial charge in [0, 0.05) is 12.5 Å². The lowest BCUT2D eigenvalue weighted by Crippen LogP contribution is -2.49. The maximum atomic E-state index is 13.3. The largest absolute Gasteiger partial charge is 0.462 e. The van der Waals surface area contributed by atoms with Crippen LogP contribution in [0.25, 0.3) is 22.3 Å². The molecule has 0 aliphatic heterocycles. The van der Waals surface area contributed by atoms with Gasteiger partial charge in [0.2, 0.25) is 5.91 Å². The first-order valence-electron chi connectivity index (χ1n) is 14.6. The third-order valence-corrected chi connectivity index (χ3v) is 7.72. The van der Waals surface area contributed by atoms with Crippen LogP contribution >= 0.6 is 0 Å². The van der Waals surface area contributed by atoms with Crippen LogP contribution in [-0.2, 0) is 20.8 Å². The van der Waals surface area contributed by atoms with Crippen molar-refractivity contribution in [2.45, 2.75) is 39.3 Å². The summed E-state index contributed by atoms with van der Waals surface area (Å²) in [7, 11) is 0. The number of nitrogens with one attached hydrogen (secondary N) is 2. The van der Waals surface area contributed by atoms with Gasteiger partial charge in [0.15, 0.2) is 0 Å². The predicted molar refractivity (Wildman–Crippen MR) is 167 cm³/mol. The standard InChI is InChI=1S/C36H36N2O5/c1-4-42-35(40)25-14-11-13-24(20-25)27-15-6-5-12-26(27)21-37-34(39)33(23(2)3)38-36(41)43-22-32-30-18-9-7-16-28(30)29-17-8-10-19-31(29)32/h5-20,23,32-33H,4,21-22H2,1-3H3,(H,37,39)(H,38,41)/t33-/m0/s1. The summed E-state index contributed by atoms with van der Waals surface area (Å²) in [5.74, 6) is -0.923. The molecule has 4 aromatic rings. The van der Waals surface area contributed by atoms with Crippen molar-refractivity contribution in [2.24, 2.45) is 5.92 Å². The van der Waals surface area contributed by atoms with E-state index in [1.807, 2.05) is 74.5 Å². The molecule has 7 heteroatoms. The van der Waals surface area contributed by atoms with E-state index in [9.17, 15) is 14.4 Å². The summed E-state index contributed by atoms with van der Waals surface area (Å²) in [6.45, 7) is 6.24. The molecule has 1 atom stereocenters. The number of amides is 2. The van der Waals surface area contributed by atoms with E-state index in [-0.39, 0.29) is 36.9 Å². The normalized spacial score (nSPS) is 12.7. The molecule has 0 bridgehead atoms. The molecule has 1 aliphatic rings. The number of benzene rings is 4. The average molecular weight is 577 g/mol. The van der Waals surface area contributed by atoms with E-state index < -0.39 is 12.1 Å². The lowest BCUT2D eigenvalue weighted by atomic mass is 9.97. The predicted octanol–water partition coefficient (Wildman–Crippen LogP) is 6.71.